The molecule has 0 aromatic rings. The maximum absolute atomic E-state index is 12.9. The fourth-order valence-corrected chi connectivity index (χ4v) is 10.8. The van der Waals surface area contributed by atoms with Gasteiger partial charge in [0.15, 0.2) is 0 Å². The molecule has 28 nitrogen and oxygen atoms in total. The van der Waals surface area contributed by atoms with Crippen molar-refractivity contribution in [3.8, 4) is 0 Å². The zero-order chi connectivity index (χ0) is 70.7. The number of likely N-dealkylation sites (N-methyl/N-ethyl adjacent to an activating group) is 1. The zero-order valence-electron chi connectivity index (χ0n) is 59.2. The average molecular weight is 1410 g/mol. The number of rotatable bonds is 75. The van der Waals surface area contributed by atoms with E-state index in [-0.39, 0.29) is 92.8 Å². The van der Waals surface area contributed by atoms with Crippen molar-refractivity contribution in [1.29, 1.82) is 0 Å². The van der Waals surface area contributed by atoms with Crippen molar-refractivity contribution in [2.75, 3.05) is 198 Å². The number of Topliss-reactive ketones (excluding diaryl/α,β-unsaturated/α-hetero) is 2. The predicted octanol–water partition coefficient (Wildman–Crippen LogP) is 4.10. The Labute approximate surface area is 582 Å². The number of carbonyl (C=O) groups excluding carboxylic acids is 9. The van der Waals surface area contributed by atoms with Gasteiger partial charge in [-0.1, -0.05) is 64.7 Å². The fraction of sp³-hybridized carbons (Fsp3) is 0.868. The minimum absolute atomic E-state index is 0.0424. The molecule has 3 atom stereocenters. The highest BCUT2D eigenvalue weighted by molar-refractivity contribution is 8.00. The molecule has 97 heavy (non-hydrogen) atoms. The number of imide groups is 1. The maximum atomic E-state index is 12.9. The van der Waals surface area contributed by atoms with Crippen LogP contribution in [0.1, 0.15) is 167 Å². The molecule has 0 spiro atoms. The number of hydrogen-bond donors (Lipinski definition) is 6. The van der Waals surface area contributed by atoms with E-state index < -0.39 is 29.1 Å². The SMILES string of the molecule is CCCCCCCCCCCC(=O)N[C@@H](CCCCNC(=O)CCOCCOCCOCCOCCOCCOCCOCCOCCOCCOCCOCCOCCCC(=O)CCN1C(=O)CC(SCCCCCC(=O)N[C@@H](CC(=O)CCCNC)C(=O)NC)C1=O)C(N)=O. The standard InChI is InChI=1S/C68H125N7O21S/c1-4-5-6-7-8-9-10-11-13-23-63(79)73-59(66(69)82)22-15-16-28-72-62(78)26-31-86-33-35-88-37-39-90-41-43-92-45-47-94-49-51-96-53-52-95-50-48-93-46-44-91-42-40-89-38-36-87-34-32-85-30-19-21-57(76)25-29-75-65(81)56-61(68(75)84)97-54-17-12-14-24-64(80)74-60(67(83)71-3)55-58(77)20-18-27-70-2/h59-61,70H,4-56H2,1-3H3,(H2,69,82)(H,71,83)(H,72,78)(H,73,79)(H,74,80)/t59-,60-,61?/m0/s1. The Morgan fingerprint density at radius 2 is 0.866 bits per heavy atom. The van der Waals surface area contributed by atoms with Crippen molar-refractivity contribution in [3.63, 3.8) is 0 Å². The number of likely N-dealkylation sites (tertiary alicyclic amines) is 1. The van der Waals surface area contributed by atoms with Gasteiger partial charge in [-0.25, -0.2) is 0 Å². The first kappa shape index (κ1) is 90.7. The summed E-state index contributed by atoms with van der Waals surface area (Å²) in [7, 11) is 3.26. The third kappa shape index (κ3) is 57.0. The lowest BCUT2D eigenvalue weighted by atomic mass is 10.1. The molecule has 1 aliphatic heterocycles. The summed E-state index contributed by atoms with van der Waals surface area (Å²) in [5.74, 6) is -1.54. The number of nitrogens with zero attached hydrogens (tertiary/aromatic N) is 1. The number of unbranched alkanes of at least 4 members (excludes halogenated alkanes) is 11. The molecule has 7 amide bonds. The largest absolute Gasteiger partial charge is 0.379 e. The molecule has 0 aromatic heterocycles. The van der Waals surface area contributed by atoms with E-state index in [2.05, 4.69) is 33.5 Å². The number of thioether (sulfide) groups is 1. The van der Waals surface area contributed by atoms with Gasteiger partial charge < -0.3 is 89.2 Å². The third-order valence-electron chi connectivity index (χ3n) is 15.1. The van der Waals surface area contributed by atoms with E-state index in [0.29, 0.717) is 222 Å². The molecule has 1 aliphatic rings. The van der Waals surface area contributed by atoms with Crippen LogP contribution in [0, 0.1) is 0 Å². The topological polar surface area (TPSA) is 354 Å². The average Bonchev–Trinajstić information content (AvgIpc) is 1.72. The van der Waals surface area contributed by atoms with Crippen LogP contribution in [0.15, 0.2) is 0 Å². The Bertz CT molecular complexity index is 2020. The Hall–Kier alpha value is -4.34. The number of primary amides is 1. The number of ether oxygens (including phenoxy) is 12. The minimum Gasteiger partial charge on any atom is -0.379 e. The van der Waals surface area contributed by atoms with Gasteiger partial charge in [0, 0.05) is 78.1 Å². The number of amides is 7. The molecule has 1 unspecified atom stereocenters. The third-order valence-corrected chi connectivity index (χ3v) is 16.4. The van der Waals surface area contributed by atoms with Crippen LogP contribution in [0.4, 0.5) is 0 Å². The van der Waals surface area contributed by atoms with Crippen LogP contribution in [-0.2, 0) is 100.0 Å². The lowest BCUT2D eigenvalue weighted by Crippen LogP contribution is -2.46. The van der Waals surface area contributed by atoms with Gasteiger partial charge in [-0.15, -0.1) is 11.8 Å². The van der Waals surface area contributed by atoms with Gasteiger partial charge in [-0.3, -0.25) is 48.1 Å². The molecule has 1 saturated heterocycles. The van der Waals surface area contributed by atoms with Crippen molar-refractivity contribution in [2.45, 2.75) is 185 Å². The van der Waals surface area contributed by atoms with Gasteiger partial charge in [0.05, 0.1) is 157 Å². The number of carbonyl (C=O) groups is 9. The van der Waals surface area contributed by atoms with Crippen LogP contribution in [-0.4, -0.2) is 273 Å². The summed E-state index contributed by atoms with van der Waals surface area (Å²) in [6.07, 6.45) is 17.1. The molecular formula is C68H125N7O21S. The number of nitrogens with two attached hydrogens (primary N) is 1. The normalized spacial score (nSPS) is 13.7. The van der Waals surface area contributed by atoms with Crippen LogP contribution in [0.3, 0.4) is 0 Å². The molecule has 1 rings (SSSR count). The monoisotopic (exact) mass is 1410 g/mol. The summed E-state index contributed by atoms with van der Waals surface area (Å²) >= 11 is 1.41. The lowest BCUT2D eigenvalue weighted by Gasteiger charge is -2.17. The molecule has 0 radical (unpaired) electrons. The number of nitrogens with one attached hydrogen (secondary N) is 5. The molecule has 29 heteroatoms. The fourth-order valence-electron chi connectivity index (χ4n) is 9.61. The van der Waals surface area contributed by atoms with Gasteiger partial charge in [0.2, 0.25) is 41.4 Å². The highest BCUT2D eigenvalue weighted by atomic mass is 32.2. The van der Waals surface area contributed by atoms with Crippen LogP contribution >= 0.6 is 11.8 Å². The summed E-state index contributed by atoms with van der Waals surface area (Å²) in [6, 6.07) is -1.60. The summed E-state index contributed by atoms with van der Waals surface area (Å²) in [6.45, 7) is 13.5. The molecule has 1 fully saturated rings. The second-order valence-electron chi connectivity index (χ2n) is 23.4. The zero-order valence-corrected chi connectivity index (χ0v) is 60.0. The molecular weight excluding hydrogens is 1280 g/mol. The van der Waals surface area contributed by atoms with Crippen molar-refractivity contribution in [3.05, 3.63) is 0 Å². The summed E-state index contributed by atoms with van der Waals surface area (Å²) < 4.78 is 66.3. The van der Waals surface area contributed by atoms with Gasteiger partial charge in [-0.2, -0.15) is 0 Å². The van der Waals surface area contributed by atoms with Crippen LogP contribution in [0.25, 0.3) is 0 Å². The molecule has 0 aliphatic carbocycles. The molecule has 0 aromatic carbocycles. The first-order valence-corrected chi connectivity index (χ1v) is 36.8. The van der Waals surface area contributed by atoms with E-state index in [1.807, 2.05) is 0 Å². The Kier molecular flexibility index (Phi) is 63.1. The smallest absolute Gasteiger partial charge is 0.242 e. The number of hydrogen-bond acceptors (Lipinski definition) is 23. The Morgan fingerprint density at radius 1 is 0.443 bits per heavy atom. The summed E-state index contributed by atoms with van der Waals surface area (Å²) in [4.78, 5) is 113. The second kappa shape index (κ2) is 67.5. The van der Waals surface area contributed by atoms with E-state index in [1.165, 1.54) is 62.2 Å². The lowest BCUT2D eigenvalue weighted by molar-refractivity contribution is -0.138. The quantitative estimate of drug-likeness (QED) is 0.0369. The molecule has 564 valence electrons. The van der Waals surface area contributed by atoms with Gasteiger partial charge >= 0.3 is 0 Å². The van der Waals surface area contributed by atoms with Gasteiger partial charge in [0.1, 0.15) is 23.7 Å². The van der Waals surface area contributed by atoms with Gasteiger partial charge in [-0.05, 0) is 70.7 Å². The van der Waals surface area contributed by atoms with Crippen molar-refractivity contribution < 1.29 is 100.0 Å². The van der Waals surface area contributed by atoms with Crippen LogP contribution in [0.5, 0.6) is 0 Å². The molecule has 1 heterocycles. The van der Waals surface area contributed by atoms with Crippen LogP contribution in [0.2, 0.25) is 0 Å². The highest BCUT2D eigenvalue weighted by Gasteiger charge is 2.38. The number of ketones is 2. The van der Waals surface area contributed by atoms with Gasteiger partial charge in [0.25, 0.3) is 0 Å². The Morgan fingerprint density at radius 3 is 1.32 bits per heavy atom. The first-order valence-electron chi connectivity index (χ1n) is 35.8. The van der Waals surface area contributed by atoms with E-state index in [0.717, 1.165) is 32.1 Å². The molecule has 0 bridgehead atoms. The maximum Gasteiger partial charge on any atom is 0.242 e. The molecule has 0 saturated carbocycles. The first-order chi connectivity index (χ1) is 47.3. The van der Waals surface area contributed by atoms with E-state index in [4.69, 9.17) is 62.6 Å². The summed E-state index contributed by atoms with van der Waals surface area (Å²) in [5.41, 5.74) is 5.52. The Balaban J connectivity index is 1.80. The van der Waals surface area contributed by atoms with Crippen molar-refractivity contribution in [1.82, 2.24) is 31.5 Å². The van der Waals surface area contributed by atoms with E-state index in [1.54, 1.807) is 7.05 Å². The second-order valence-corrected chi connectivity index (χ2v) is 24.7. The molecule has 7 N–H and O–H groups in total. The summed E-state index contributed by atoms with van der Waals surface area (Å²) in [5, 5.41) is 13.3. The highest BCUT2D eigenvalue weighted by Crippen LogP contribution is 2.27. The van der Waals surface area contributed by atoms with Crippen LogP contribution < -0.4 is 32.3 Å². The van der Waals surface area contributed by atoms with E-state index >= 15 is 0 Å². The van der Waals surface area contributed by atoms with Crippen molar-refractivity contribution in [2.24, 2.45) is 5.73 Å². The van der Waals surface area contributed by atoms with E-state index in [9.17, 15) is 43.2 Å². The predicted molar refractivity (Wildman–Crippen MR) is 368 cm³/mol. The minimum atomic E-state index is -0.906. The van der Waals surface area contributed by atoms with Crippen molar-refractivity contribution >= 4 is 64.7 Å².